The molecule has 0 radical (unpaired) electrons. The number of anilines is 1. The molecule has 0 unspecified atom stereocenters. The summed E-state index contributed by atoms with van der Waals surface area (Å²) in [4.78, 5) is 16.0. The minimum absolute atomic E-state index is 0.00730. The number of esters is 1. The number of aryl methyl sites for hydroxylation is 1. The lowest BCUT2D eigenvalue weighted by atomic mass is 10.2. The summed E-state index contributed by atoms with van der Waals surface area (Å²) in [5.74, 6) is -0.269. The van der Waals surface area contributed by atoms with Crippen molar-refractivity contribution < 1.29 is 27.1 Å². The molecule has 1 N–H and O–H groups in total. The Balaban J connectivity index is 1.57. The van der Waals surface area contributed by atoms with E-state index in [1.54, 1.807) is 31.2 Å². The van der Waals surface area contributed by atoms with E-state index >= 15 is 0 Å². The molecule has 0 saturated heterocycles. The number of sulfonamides is 1. The van der Waals surface area contributed by atoms with Crippen LogP contribution in [0.15, 0.2) is 64.9 Å². The number of hydrogen-bond donors (Lipinski definition) is 1. The first-order chi connectivity index (χ1) is 15.3. The molecule has 0 aliphatic carbocycles. The fourth-order valence-electron chi connectivity index (χ4n) is 3.06. The van der Waals surface area contributed by atoms with E-state index in [2.05, 4.69) is 14.4 Å². The van der Waals surface area contributed by atoms with Crippen molar-refractivity contribution in [1.82, 2.24) is 4.98 Å². The Morgan fingerprint density at radius 3 is 2.56 bits per heavy atom. The zero-order valence-corrected chi connectivity index (χ0v) is 18.6. The minimum Gasteiger partial charge on any atom is -0.465 e. The molecule has 0 aliphatic rings. The number of fused-ring (bicyclic) bond motifs is 1. The standard InChI is InChI=1S/C22H17FN2O5S2/c1-13-11-19(17-12-14(23)3-8-18(17)24-13)30-16-6-4-15(5-7-16)25-32(27,28)20-9-10-31-21(20)22(26)29-2/h3-12,25H,1-2H3. The van der Waals surface area contributed by atoms with Crippen LogP contribution in [0.4, 0.5) is 10.1 Å². The average molecular weight is 473 g/mol. The van der Waals surface area contributed by atoms with E-state index in [9.17, 15) is 17.6 Å². The number of carbonyl (C=O) groups excluding carboxylic acids is 1. The molecular weight excluding hydrogens is 455 g/mol. The number of pyridine rings is 1. The molecule has 0 bridgehead atoms. The number of ether oxygens (including phenoxy) is 2. The van der Waals surface area contributed by atoms with E-state index in [0.717, 1.165) is 11.3 Å². The van der Waals surface area contributed by atoms with E-state index < -0.39 is 21.8 Å². The molecule has 2 aromatic heterocycles. The Bertz CT molecular complexity index is 1420. The van der Waals surface area contributed by atoms with Crippen LogP contribution in [-0.2, 0) is 14.8 Å². The molecule has 0 atom stereocenters. The first-order valence-electron chi connectivity index (χ1n) is 9.30. The van der Waals surface area contributed by atoms with E-state index in [4.69, 9.17) is 4.74 Å². The molecule has 32 heavy (non-hydrogen) atoms. The van der Waals surface area contributed by atoms with Crippen molar-refractivity contribution in [2.75, 3.05) is 11.8 Å². The largest absolute Gasteiger partial charge is 0.465 e. The summed E-state index contributed by atoms with van der Waals surface area (Å²) in [6.45, 7) is 1.81. The van der Waals surface area contributed by atoms with Crippen LogP contribution in [0.25, 0.3) is 10.9 Å². The summed E-state index contributed by atoms with van der Waals surface area (Å²) in [5, 5.41) is 2.02. The molecule has 2 aromatic carbocycles. The Morgan fingerprint density at radius 1 is 1.09 bits per heavy atom. The monoisotopic (exact) mass is 472 g/mol. The molecule has 0 spiro atoms. The third-order valence-electron chi connectivity index (χ3n) is 4.48. The molecule has 10 heteroatoms. The highest BCUT2D eigenvalue weighted by molar-refractivity contribution is 7.93. The highest BCUT2D eigenvalue weighted by atomic mass is 32.2. The molecule has 4 aromatic rings. The lowest BCUT2D eigenvalue weighted by Crippen LogP contribution is -2.15. The molecule has 164 valence electrons. The van der Waals surface area contributed by atoms with Gasteiger partial charge in [0.25, 0.3) is 10.0 Å². The third kappa shape index (κ3) is 4.41. The highest BCUT2D eigenvalue weighted by Gasteiger charge is 2.24. The Kier molecular flexibility index (Phi) is 5.81. The molecule has 4 rings (SSSR count). The number of nitrogens with zero attached hydrogens (tertiary/aromatic N) is 1. The number of rotatable bonds is 6. The number of hydrogen-bond acceptors (Lipinski definition) is 7. The molecule has 0 fully saturated rings. The smallest absolute Gasteiger partial charge is 0.349 e. The van der Waals surface area contributed by atoms with E-state index in [1.165, 1.54) is 42.8 Å². The van der Waals surface area contributed by atoms with Gasteiger partial charge < -0.3 is 9.47 Å². The predicted molar refractivity (Wildman–Crippen MR) is 119 cm³/mol. The third-order valence-corrected chi connectivity index (χ3v) is 6.93. The van der Waals surface area contributed by atoms with E-state index in [1.807, 2.05) is 0 Å². The number of thiophene rings is 1. The Labute approximate surface area is 187 Å². The number of methoxy groups -OCH3 is 1. The van der Waals surface area contributed by atoms with Crippen LogP contribution in [0, 0.1) is 12.7 Å². The van der Waals surface area contributed by atoms with Crippen LogP contribution in [0.2, 0.25) is 0 Å². The predicted octanol–water partition coefficient (Wildman–Crippen LogP) is 5.12. The van der Waals surface area contributed by atoms with Crippen LogP contribution < -0.4 is 9.46 Å². The maximum atomic E-state index is 13.7. The molecular formula is C22H17FN2O5S2. The minimum atomic E-state index is -4.00. The Hall–Kier alpha value is -3.50. The summed E-state index contributed by atoms with van der Waals surface area (Å²) in [7, 11) is -2.81. The van der Waals surface area contributed by atoms with Crippen molar-refractivity contribution in [3.63, 3.8) is 0 Å². The lowest BCUT2D eigenvalue weighted by molar-refractivity contribution is 0.0602. The van der Waals surface area contributed by atoms with Gasteiger partial charge in [-0.25, -0.2) is 17.6 Å². The molecule has 2 heterocycles. The van der Waals surface area contributed by atoms with Crippen LogP contribution in [-0.4, -0.2) is 26.5 Å². The van der Waals surface area contributed by atoms with Gasteiger partial charge in [0, 0.05) is 22.8 Å². The fourth-order valence-corrected chi connectivity index (χ4v) is 5.45. The Morgan fingerprint density at radius 2 is 1.84 bits per heavy atom. The number of benzene rings is 2. The average Bonchev–Trinajstić information content (AvgIpc) is 3.26. The maximum absolute atomic E-state index is 13.7. The van der Waals surface area contributed by atoms with Crippen molar-refractivity contribution in [2.24, 2.45) is 0 Å². The quantitative estimate of drug-likeness (QED) is 0.391. The zero-order valence-electron chi connectivity index (χ0n) is 17.0. The van der Waals surface area contributed by atoms with Crippen LogP contribution in [0.3, 0.4) is 0 Å². The number of aromatic nitrogens is 1. The molecule has 0 saturated carbocycles. The summed E-state index contributed by atoms with van der Waals surface area (Å²) < 4.78 is 52.1. The van der Waals surface area contributed by atoms with Crippen molar-refractivity contribution in [3.8, 4) is 11.5 Å². The van der Waals surface area contributed by atoms with Gasteiger partial charge in [-0.15, -0.1) is 11.3 Å². The molecule has 0 amide bonds. The first-order valence-corrected chi connectivity index (χ1v) is 11.7. The van der Waals surface area contributed by atoms with Crippen LogP contribution in [0.1, 0.15) is 15.4 Å². The number of halogens is 1. The van der Waals surface area contributed by atoms with Gasteiger partial charge in [-0.3, -0.25) is 9.71 Å². The van der Waals surface area contributed by atoms with Crippen molar-refractivity contribution >= 4 is 43.9 Å². The van der Waals surface area contributed by atoms with Crippen molar-refractivity contribution in [3.05, 3.63) is 76.4 Å². The van der Waals surface area contributed by atoms with E-state index in [-0.39, 0.29) is 15.5 Å². The second-order valence-electron chi connectivity index (χ2n) is 6.76. The van der Waals surface area contributed by atoms with Gasteiger partial charge >= 0.3 is 5.97 Å². The van der Waals surface area contributed by atoms with Gasteiger partial charge in [0.15, 0.2) is 0 Å². The summed E-state index contributed by atoms with van der Waals surface area (Å²) >= 11 is 0.981. The van der Waals surface area contributed by atoms with Gasteiger partial charge in [-0.2, -0.15) is 0 Å². The second-order valence-corrected chi connectivity index (χ2v) is 9.33. The normalized spacial score (nSPS) is 11.3. The summed E-state index contributed by atoms with van der Waals surface area (Å²) in [6, 6.07) is 13.5. The van der Waals surface area contributed by atoms with Crippen molar-refractivity contribution in [2.45, 2.75) is 11.8 Å². The molecule has 7 nitrogen and oxygen atoms in total. The highest BCUT2D eigenvalue weighted by Crippen LogP contribution is 2.32. The van der Waals surface area contributed by atoms with Crippen LogP contribution >= 0.6 is 11.3 Å². The summed E-state index contributed by atoms with van der Waals surface area (Å²) in [6.07, 6.45) is 0. The number of carbonyl (C=O) groups is 1. The van der Waals surface area contributed by atoms with Gasteiger partial charge in [0.2, 0.25) is 0 Å². The zero-order chi connectivity index (χ0) is 22.9. The van der Waals surface area contributed by atoms with Gasteiger partial charge in [-0.05, 0) is 60.8 Å². The second kappa shape index (κ2) is 8.56. The van der Waals surface area contributed by atoms with Gasteiger partial charge in [0.05, 0.1) is 12.6 Å². The van der Waals surface area contributed by atoms with Crippen LogP contribution in [0.5, 0.6) is 11.5 Å². The first kappa shape index (κ1) is 21.7. The topological polar surface area (TPSA) is 94.6 Å². The van der Waals surface area contributed by atoms with Gasteiger partial charge in [0.1, 0.15) is 27.1 Å². The fraction of sp³-hybridized carbons (Fsp3) is 0.0909. The SMILES string of the molecule is COC(=O)c1sccc1S(=O)(=O)Nc1ccc(Oc2cc(C)nc3ccc(F)cc23)cc1. The summed E-state index contributed by atoms with van der Waals surface area (Å²) in [5.41, 5.74) is 1.59. The van der Waals surface area contributed by atoms with Crippen molar-refractivity contribution in [1.29, 1.82) is 0 Å². The molecule has 0 aliphatic heterocycles. The maximum Gasteiger partial charge on any atom is 0.349 e. The number of nitrogens with one attached hydrogen (secondary N) is 1. The van der Waals surface area contributed by atoms with E-state index in [0.29, 0.717) is 28.1 Å². The lowest BCUT2D eigenvalue weighted by Gasteiger charge is -2.12. The van der Waals surface area contributed by atoms with Gasteiger partial charge in [-0.1, -0.05) is 0 Å².